The number of carboxylic acid groups (broad SMARTS) is 1. The van der Waals surface area contributed by atoms with E-state index in [1.54, 1.807) is 0 Å². The standard InChI is InChI=1S/C20H14BrCl3F3NO3/c21-14-7-10(1-3-12(14)19(31)28-6-5-17(29)30)2-4-13(20(25,26)27)11-8-15(22)18(24)16(23)9-11/h1-4,7-9,13H,5-6H2,(H,28,31)(H,29,30). The maximum absolute atomic E-state index is 13.6. The summed E-state index contributed by atoms with van der Waals surface area (Å²) in [7, 11) is 0. The number of carboxylic acids is 1. The van der Waals surface area contributed by atoms with Crippen LogP contribution in [0, 0.1) is 0 Å². The Bertz CT molecular complexity index is 1010. The monoisotopic (exact) mass is 557 g/mol. The summed E-state index contributed by atoms with van der Waals surface area (Å²) in [6, 6.07) is 6.57. The smallest absolute Gasteiger partial charge is 0.399 e. The van der Waals surface area contributed by atoms with E-state index in [0.717, 1.165) is 18.2 Å². The third-order valence-electron chi connectivity index (χ3n) is 4.06. The Morgan fingerprint density at radius 3 is 2.26 bits per heavy atom. The van der Waals surface area contributed by atoms with Crippen LogP contribution in [0.5, 0.6) is 0 Å². The molecule has 0 aliphatic rings. The zero-order valence-electron chi connectivity index (χ0n) is 15.4. The number of carbonyl (C=O) groups excluding carboxylic acids is 1. The number of aliphatic carboxylic acids is 1. The summed E-state index contributed by atoms with van der Waals surface area (Å²) in [5.74, 6) is -3.55. The molecule has 0 radical (unpaired) electrons. The van der Waals surface area contributed by atoms with Crippen molar-refractivity contribution in [2.45, 2.75) is 18.5 Å². The lowest BCUT2D eigenvalue weighted by Crippen LogP contribution is -2.26. The van der Waals surface area contributed by atoms with Crippen LogP contribution in [0.15, 0.2) is 40.9 Å². The molecular formula is C20H14BrCl3F3NO3. The van der Waals surface area contributed by atoms with Crippen LogP contribution in [0.3, 0.4) is 0 Å². The molecule has 0 spiro atoms. The van der Waals surface area contributed by atoms with Crippen LogP contribution in [-0.4, -0.2) is 29.7 Å². The van der Waals surface area contributed by atoms with E-state index in [2.05, 4.69) is 21.2 Å². The lowest BCUT2D eigenvalue weighted by molar-refractivity contribution is -0.139. The van der Waals surface area contributed by atoms with Crippen LogP contribution < -0.4 is 5.32 Å². The number of nitrogens with one attached hydrogen (secondary N) is 1. The molecule has 0 saturated carbocycles. The van der Waals surface area contributed by atoms with E-state index in [9.17, 15) is 22.8 Å². The van der Waals surface area contributed by atoms with Crippen molar-refractivity contribution in [3.8, 4) is 0 Å². The van der Waals surface area contributed by atoms with Crippen LogP contribution in [0.25, 0.3) is 6.08 Å². The highest BCUT2D eigenvalue weighted by molar-refractivity contribution is 9.10. The molecule has 2 aromatic rings. The first-order valence-electron chi connectivity index (χ1n) is 8.59. The fourth-order valence-electron chi connectivity index (χ4n) is 2.57. The second kappa shape index (κ2) is 10.7. The van der Waals surface area contributed by atoms with Crippen molar-refractivity contribution in [1.29, 1.82) is 0 Å². The Kier molecular flexibility index (Phi) is 8.83. The van der Waals surface area contributed by atoms with Crippen molar-refractivity contribution >= 4 is 68.7 Å². The van der Waals surface area contributed by atoms with Gasteiger partial charge in [0.05, 0.1) is 33.0 Å². The summed E-state index contributed by atoms with van der Waals surface area (Å²) < 4.78 is 41.2. The van der Waals surface area contributed by atoms with Gasteiger partial charge in [0.25, 0.3) is 5.91 Å². The van der Waals surface area contributed by atoms with Crippen molar-refractivity contribution in [2.24, 2.45) is 0 Å². The molecule has 11 heteroatoms. The van der Waals surface area contributed by atoms with E-state index in [1.165, 1.54) is 24.3 Å². The summed E-state index contributed by atoms with van der Waals surface area (Å²) in [6.07, 6.45) is -2.64. The van der Waals surface area contributed by atoms with Gasteiger partial charge in [-0.2, -0.15) is 13.2 Å². The molecule has 0 bridgehead atoms. The first-order valence-corrected chi connectivity index (χ1v) is 10.5. The van der Waals surface area contributed by atoms with Crippen LogP contribution in [-0.2, 0) is 4.79 Å². The highest BCUT2D eigenvalue weighted by atomic mass is 79.9. The second-order valence-corrected chi connectivity index (χ2v) is 8.36. The highest BCUT2D eigenvalue weighted by Gasteiger charge is 2.39. The predicted octanol–water partition coefficient (Wildman–Crippen LogP) is 6.97. The molecule has 31 heavy (non-hydrogen) atoms. The van der Waals surface area contributed by atoms with Gasteiger partial charge < -0.3 is 10.4 Å². The number of halogens is 7. The number of carbonyl (C=O) groups is 2. The van der Waals surface area contributed by atoms with Gasteiger partial charge in [-0.25, -0.2) is 0 Å². The molecule has 2 N–H and O–H groups in total. The Labute approximate surface area is 199 Å². The third-order valence-corrected chi connectivity index (χ3v) is 5.91. The van der Waals surface area contributed by atoms with Crippen LogP contribution in [0.2, 0.25) is 15.1 Å². The maximum atomic E-state index is 13.6. The minimum Gasteiger partial charge on any atom is -0.481 e. The summed E-state index contributed by atoms with van der Waals surface area (Å²) in [4.78, 5) is 22.6. The van der Waals surface area contributed by atoms with Gasteiger partial charge >= 0.3 is 12.1 Å². The van der Waals surface area contributed by atoms with Gasteiger partial charge in [-0.3, -0.25) is 9.59 Å². The van der Waals surface area contributed by atoms with E-state index >= 15 is 0 Å². The number of amides is 1. The highest BCUT2D eigenvalue weighted by Crippen LogP contribution is 2.41. The number of allylic oxidation sites excluding steroid dienone is 1. The first kappa shape index (κ1) is 25.5. The number of hydrogen-bond acceptors (Lipinski definition) is 2. The molecule has 2 aromatic carbocycles. The molecule has 0 aromatic heterocycles. The fourth-order valence-corrected chi connectivity index (χ4v) is 3.76. The minimum atomic E-state index is -4.61. The van der Waals surface area contributed by atoms with Crippen molar-refractivity contribution in [3.05, 3.63) is 72.6 Å². The average molecular weight is 560 g/mol. The Balaban J connectivity index is 2.26. The summed E-state index contributed by atoms with van der Waals surface area (Å²) in [6.45, 7) is -0.0538. The van der Waals surface area contributed by atoms with E-state index in [4.69, 9.17) is 39.9 Å². The van der Waals surface area contributed by atoms with E-state index < -0.39 is 24.0 Å². The number of benzene rings is 2. The number of rotatable bonds is 7. The van der Waals surface area contributed by atoms with Gasteiger partial charge in [0.1, 0.15) is 0 Å². The average Bonchev–Trinajstić information content (AvgIpc) is 2.64. The molecule has 0 fully saturated rings. The lowest BCUT2D eigenvalue weighted by atomic mass is 9.97. The largest absolute Gasteiger partial charge is 0.481 e. The first-order chi connectivity index (χ1) is 14.4. The summed E-state index contributed by atoms with van der Waals surface area (Å²) >= 11 is 20.8. The second-order valence-electron chi connectivity index (χ2n) is 6.32. The molecule has 166 valence electrons. The molecule has 0 aliphatic carbocycles. The van der Waals surface area contributed by atoms with Gasteiger partial charge in [-0.15, -0.1) is 0 Å². The maximum Gasteiger partial charge on any atom is 0.399 e. The van der Waals surface area contributed by atoms with E-state index in [-0.39, 0.29) is 39.2 Å². The molecule has 4 nitrogen and oxygen atoms in total. The van der Waals surface area contributed by atoms with Crippen LogP contribution in [0.1, 0.15) is 33.8 Å². The fraction of sp³-hybridized carbons (Fsp3) is 0.200. The summed E-state index contributed by atoms with van der Waals surface area (Å²) in [5, 5.41) is 10.8. The van der Waals surface area contributed by atoms with E-state index in [1.807, 2.05) is 0 Å². The van der Waals surface area contributed by atoms with Crippen molar-refractivity contribution in [2.75, 3.05) is 6.54 Å². The van der Waals surface area contributed by atoms with Crippen molar-refractivity contribution in [3.63, 3.8) is 0 Å². The molecule has 2 rings (SSSR count). The Morgan fingerprint density at radius 1 is 1.13 bits per heavy atom. The predicted molar refractivity (Wildman–Crippen MR) is 118 cm³/mol. The Hall–Kier alpha value is -1.74. The van der Waals surface area contributed by atoms with E-state index in [0.29, 0.717) is 10.0 Å². The zero-order chi connectivity index (χ0) is 23.3. The zero-order valence-corrected chi connectivity index (χ0v) is 19.3. The summed E-state index contributed by atoms with van der Waals surface area (Å²) in [5.41, 5.74) is 0.442. The number of hydrogen-bond donors (Lipinski definition) is 2. The SMILES string of the molecule is O=C(O)CCNC(=O)c1ccc(C=CC(c2cc(Cl)c(Cl)c(Cl)c2)C(F)(F)F)cc1Br. The van der Waals surface area contributed by atoms with Crippen molar-refractivity contribution in [1.82, 2.24) is 5.32 Å². The quantitative estimate of drug-likeness (QED) is 0.360. The normalized spacial score (nSPS) is 12.7. The van der Waals surface area contributed by atoms with Crippen LogP contribution in [0.4, 0.5) is 13.2 Å². The van der Waals surface area contributed by atoms with Crippen molar-refractivity contribution < 1.29 is 27.9 Å². The van der Waals surface area contributed by atoms with Gasteiger partial charge in [-0.05, 0) is 51.3 Å². The third kappa shape index (κ3) is 7.14. The minimum absolute atomic E-state index is 0.0295. The molecule has 0 aliphatic heterocycles. The molecule has 1 atom stereocenters. The molecule has 1 unspecified atom stereocenters. The molecule has 0 saturated heterocycles. The topological polar surface area (TPSA) is 66.4 Å². The van der Waals surface area contributed by atoms with Crippen LogP contribution >= 0.6 is 50.7 Å². The van der Waals surface area contributed by atoms with Gasteiger partial charge in [0.15, 0.2) is 0 Å². The lowest BCUT2D eigenvalue weighted by Gasteiger charge is -2.18. The molecular weight excluding hydrogens is 545 g/mol. The molecule has 0 heterocycles. The molecule has 1 amide bonds. The van der Waals surface area contributed by atoms with Gasteiger partial charge in [0.2, 0.25) is 0 Å². The Morgan fingerprint density at radius 2 is 1.74 bits per heavy atom. The number of alkyl halides is 3. The van der Waals surface area contributed by atoms with Gasteiger partial charge in [0, 0.05) is 11.0 Å². The van der Waals surface area contributed by atoms with Gasteiger partial charge in [-0.1, -0.05) is 53.0 Å².